The lowest BCUT2D eigenvalue weighted by Crippen LogP contribution is -2.46. The monoisotopic (exact) mass is 256 g/mol. The van der Waals surface area contributed by atoms with Crippen LogP contribution in [0.2, 0.25) is 0 Å². The van der Waals surface area contributed by atoms with Crippen LogP contribution in [0.25, 0.3) is 0 Å². The van der Waals surface area contributed by atoms with Gasteiger partial charge in [-0.3, -0.25) is 4.79 Å². The van der Waals surface area contributed by atoms with Crippen LogP contribution in [0.3, 0.4) is 0 Å². The molecule has 18 heavy (non-hydrogen) atoms. The first kappa shape index (κ1) is 15.4. The molecule has 3 atom stereocenters. The molecular formula is C14H28N2O2. The maximum absolute atomic E-state index is 11.9. The highest BCUT2D eigenvalue weighted by Gasteiger charge is 2.17. The molecule has 0 aromatic carbocycles. The first-order valence-corrected chi connectivity index (χ1v) is 7.28. The van der Waals surface area contributed by atoms with Crippen LogP contribution in [0.1, 0.15) is 52.9 Å². The molecule has 0 saturated carbocycles. The molecule has 0 aliphatic carbocycles. The molecule has 0 spiro atoms. The second kappa shape index (κ2) is 8.48. The molecule has 0 aromatic rings. The van der Waals surface area contributed by atoms with E-state index in [0.717, 1.165) is 38.8 Å². The number of nitrogens with one attached hydrogen (secondary N) is 2. The van der Waals surface area contributed by atoms with Crippen molar-refractivity contribution in [3.8, 4) is 0 Å². The van der Waals surface area contributed by atoms with Gasteiger partial charge in [0.2, 0.25) is 5.91 Å². The molecule has 1 aliphatic rings. The van der Waals surface area contributed by atoms with E-state index in [-0.39, 0.29) is 18.0 Å². The minimum atomic E-state index is -0.120. The molecule has 0 aromatic heterocycles. The van der Waals surface area contributed by atoms with Gasteiger partial charge in [0.25, 0.3) is 0 Å². The molecule has 1 rings (SSSR count). The largest absolute Gasteiger partial charge is 0.378 e. The highest BCUT2D eigenvalue weighted by molar-refractivity contribution is 5.81. The Morgan fingerprint density at radius 2 is 2.22 bits per heavy atom. The third-order valence-electron chi connectivity index (χ3n) is 3.44. The smallest absolute Gasteiger partial charge is 0.237 e. The van der Waals surface area contributed by atoms with E-state index in [4.69, 9.17) is 4.74 Å². The maximum atomic E-state index is 11.9. The molecule has 4 heteroatoms. The van der Waals surface area contributed by atoms with Gasteiger partial charge in [0.15, 0.2) is 0 Å². The van der Waals surface area contributed by atoms with Crippen LogP contribution in [0, 0.1) is 0 Å². The van der Waals surface area contributed by atoms with Gasteiger partial charge in [-0.2, -0.15) is 0 Å². The van der Waals surface area contributed by atoms with E-state index < -0.39 is 0 Å². The zero-order valence-electron chi connectivity index (χ0n) is 12.0. The molecule has 1 fully saturated rings. The summed E-state index contributed by atoms with van der Waals surface area (Å²) in [4.78, 5) is 11.9. The van der Waals surface area contributed by atoms with Crippen molar-refractivity contribution in [1.82, 2.24) is 10.6 Å². The summed E-state index contributed by atoms with van der Waals surface area (Å²) >= 11 is 0. The van der Waals surface area contributed by atoms with E-state index in [2.05, 4.69) is 24.5 Å². The summed E-state index contributed by atoms with van der Waals surface area (Å²) in [6, 6.07) is 0.149. The number of carbonyl (C=O) groups is 1. The first-order valence-electron chi connectivity index (χ1n) is 7.28. The van der Waals surface area contributed by atoms with Gasteiger partial charge in [-0.15, -0.1) is 0 Å². The minimum Gasteiger partial charge on any atom is -0.378 e. The van der Waals surface area contributed by atoms with Crippen LogP contribution in [-0.4, -0.2) is 37.2 Å². The van der Waals surface area contributed by atoms with Crippen molar-refractivity contribution in [2.45, 2.75) is 71.1 Å². The maximum Gasteiger partial charge on any atom is 0.237 e. The Hall–Kier alpha value is -0.610. The van der Waals surface area contributed by atoms with Gasteiger partial charge < -0.3 is 15.4 Å². The van der Waals surface area contributed by atoms with Crippen LogP contribution < -0.4 is 10.6 Å². The normalized spacial score (nSPS) is 22.7. The van der Waals surface area contributed by atoms with Crippen molar-refractivity contribution in [3.63, 3.8) is 0 Å². The number of hydrogen-bond acceptors (Lipinski definition) is 3. The van der Waals surface area contributed by atoms with E-state index >= 15 is 0 Å². The Morgan fingerprint density at radius 3 is 2.83 bits per heavy atom. The Kier molecular flexibility index (Phi) is 7.28. The molecular weight excluding hydrogens is 228 g/mol. The van der Waals surface area contributed by atoms with E-state index in [1.165, 1.54) is 6.42 Å². The summed E-state index contributed by atoms with van der Waals surface area (Å²) in [5.41, 5.74) is 0. The van der Waals surface area contributed by atoms with E-state index in [1.807, 2.05) is 6.92 Å². The van der Waals surface area contributed by atoms with Gasteiger partial charge in [0, 0.05) is 12.6 Å². The van der Waals surface area contributed by atoms with Gasteiger partial charge in [0.05, 0.1) is 12.1 Å². The topological polar surface area (TPSA) is 50.4 Å². The lowest BCUT2D eigenvalue weighted by Gasteiger charge is -2.18. The SMILES string of the molecule is CCCC(C)NC(=O)C(C)NCCC1CCCO1. The lowest BCUT2D eigenvalue weighted by molar-refractivity contribution is -0.123. The lowest BCUT2D eigenvalue weighted by atomic mass is 10.1. The Morgan fingerprint density at radius 1 is 1.44 bits per heavy atom. The number of ether oxygens (including phenoxy) is 1. The van der Waals surface area contributed by atoms with Crippen LogP contribution >= 0.6 is 0 Å². The average Bonchev–Trinajstić information content (AvgIpc) is 2.82. The van der Waals surface area contributed by atoms with E-state index in [0.29, 0.717) is 6.10 Å². The standard InChI is InChI=1S/C14H28N2O2/c1-4-6-11(2)16-14(17)12(3)15-9-8-13-7-5-10-18-13/h11-13,15H,4-10H2,1-3H3,(H,16,17). The van der Waals surface area contributed by atoms with Crippen molar-refractivity contribution in [2.75, 3.05) is 13.2 Å². The molecule has 106 valence electrons. The molecule has 3 unspecified atom stereocenters. The van der Waals surface area contributed by atoms with Crippen LogP contribution in [-0.2, 0) is 9.53 Å². The minimum absolute atomic E-state index is 0.100. The van der Waals surface area contributed by atoms with Crippen LogP contribution in [0.5, 0.6) is 0 Å². The van der Waals surface area contributed by atoms with Crippen molar-refractivity contribution >= 4 is 5.91 Å². The van der Waals surface area contributed by atoms with Crippen LogP contribution in [0.4, 0.5) is 0 Å². The Balaban J connectivity index is 2.10. The summed E-state index contributed by atoms with van der Waals surface area (Å²) in [5.74, 6) is 0.100. The van der Waals surface area contributed by atoms with E-state index in [9.17, 15) is 4.79 Å². The zero-order chi connectivity index (χ0) is 13.4. The highest BCUT2D eigenvalue weighted by atomic mass is 16.5. The average molecular weight is 256 g/mol. The second-order valence-electron chi connectivity index (χ2n) is 5.30. The van der Waals surface area contributed by atoms with Crippen molar-refractivity contribution in [1.29, 1.82) is 0 Å². The summed E-state index contributed by atoms with van der Waals surface area (Å²) < 4.78 is 5.55. The molecule has 0 radical (unpaired) electrons. The van der Waals surface area contributed by atoms with Gasteiger partial charge in [-0.05, 0) is 46.1 Å². The van der Waals surface area contributed by atoms with Crippen molar-refractivity contribution < 1.29 is 9.53 Å². The molecule has 2 N–H and O–H groups in total. The molecule has 1 heterocycles. The second-order valence-corrected chi connectivity index (χ2v) is 5.30. The molecule has 4 nitrogen and oxygen atoms in total. The van der Waals surface area contributed by atoms with Gasteiger partial charge in [-0.25, -0.2) is 0 Å². The van der Waals surface area contributed by atoms with Gasteiger partial charge >= 0.3 is 0 Å². The summed E-state index contributed by atoms with van der Waals surface area (Å²) in [7, 11) is 0. The quantitative estimate of drug-likeness (QED) is 0.696. The molecule has 1 aliphatic heterocycles. The highest BCUT2D eigenvalue weighted by Crippen LogP contribution is 2.14. The van der Waals surface area contributed by atoms with Gasteiger partial charge in [-0.1, -0.05) is 13.3 Å². The number of carbonyl (C=O) groups excluding carboxylic acids is 1. The van der Waals surface area contributed by atoms with Gasteiger partial charge in [0.1, 0.15) is 0 Å². The summed E-state index contributed by atoms with van der Waals surface area (Å²) in [5, 5.41) is 6.29. The van der Waals surface area contributed by atoms with E-state index in [1.54, 1.807) is 0 Å². The fraction of sp³-hybridized carbons (Fsp3) is 0.929. The third-order valence-corrected chi connectivity index (χ3v) is 3.44. The third kappa shape index (κ3) is 5.83. The number of hydrogen-bond donors (Lipinski definition) is 2. The Labute approximate surface area is 111 Å². The zero-order valence-corrected chi connectivity index (χ0v) is 12.0. The van der Waals surface area contributed by atoms with Crippen molar-refractivity contribution in [2.24, 2.45) is 0 Å². The number of amides is 1. The van der Waals surface area contributed by atoms with Crippen molar-refractivity contribution in [3.05, 3.63) is 0 Å². The summed E-state index contributed by atoms with van der Waals surface area (Å²) in [6.07, 6.45) is 5.87. The summed E-state index contributed by atoms with van der Waals surface area (Å²) in [6.45, 7) is 7.85. The van der Waals surface area contributed by atoms with Crippen LogP contribution in [0.15, 0.2) is 0 Å². The Bertz CT molecular complexity index is 240. The molecule has 0 bridgehead atoms. The fourth-order valence-corrected chi connectivity index (χ4v) is 2.30. The predicted octanol–water partition coefficient (Wildman–Crippen LogP) is 1.84. The first-order chi connectivity index (χ1) is 8.63. The fourth-order valence-electron chi connectivity index (χ4n) is 2.30. The number of rotatable bonds is 8. The predicted molar refractivity (Wildman–Crippen MR) is 73.6 cm³/mol. The molecule has 1 amide bonds. The molecule has 1 saturated heterocycles.